The second-order valence-electron chi connectivity index (χ2n) is 7.53. The Hall–Kier alpha value is -3.73. The number of nitrogens with one attached hydrogen (secondary N) is 1. The molecule has 3 aromatic carbocycles. The SMILES string of the molecule is CC(C)Oc1c(OCc2ccccc2)c2ccc(OCc3ccccc3)cc2[nH]c1=O. The van der Waals surface area contributed by atoms with Crippen LogP contribution in [0.5, 0.6) is 17.2 Å². The van der Waals surface area contributed by atoms with Crippen LogP contribution in [0.1, 0.15) is 25.0 Å². The topological polar surface area (TPSA) is 60.6 Å². The first kappa shape index (κ1) is 20.5. The zero-order chi connectivity index (χ0) is 21.6. The predicted octanol–water partition coefficient (Wildman–Crippen LogP) is 5.47. The molecule has 0 saturated carbocycles. The van der Waals surface area contributed by atoms with Gasteiger partial charge in [0.15, 0.2) is 5.75 Å². The molecule has 0 radical (unpaired) electrons. The number of H-pyrrole nitrogens is 1. The molecule has 5 heteroatoms. The summed E-state index contributed by atoms with van der Waals surface area (Å²) in [6.07, 6.45) is -0.161. The van der Waals surface area contributed by atoms with E-state index in [4.69, 9.17) is 14.2 Å². The summed E-state index contributed by atoms with van der Waals surface area (Å²) < 4.78 is 17.8. The minimum absolute atomic E-state index is 0.161. The van der Waals surface area contributed by atoms with Gasteiger partial charge in [0, 0.05) is 11.5 Å². The molecule has 158 valence electrons. The molecular formula is C26H25NO4. The molecule has 1 N–H and O–H groups in total. The van der Waals surface area contributed by atoms with Gasteiger partial charge in [0.05, 0.1) is 11.6 Å². The third kappa shape index (κ3) is 5.07. The van der Waals surface area contributed by atoms with Crippen molar-refractivity contribution in [3.63, 3.8) is 0 Å². The van der Waals surface area contributed by atoms with Gasteiger partial charge in [-0.25, -0.2) is 0 Å². The summed E-state index contributed by atoms with van der Waals surface area (Å²) in [6, 6.07) is 25.3. The van der Waals surface area contributed by atoms with E-state index in [0.29, 0.717) is 30.2 Å². The summed E-state index contributed by atoms with van der Waals surface area (Å²) in [6.45, 7) is 4.54. The van der Waals surface area contributed by atoms with Crippen LogP contribution >= 0.6 is 0 Å². The lowest BCUT2D eigenvalue weighted by Gasteiger charge is -2.17. The highest BCUT2D eigenvalue weighted by molar-refractivity contribution is 5.88. The molecule has 0 bridgehead atoms. The van der Waals surface area contributed by atoms with Crippen molar-refractivity contribution in [2.75, 3.05) is 0 Å². The van der Waals surface area contributed by atoms with E-state index in [1.54, 1.807) is 0 Å². The summed E-state index contributed by atoms with van der Waals surface area (Å²) in [7, 11) is 0. The maximum Gasteiger partial charge on any atom is 0.294 e. The average Bonchev–Trinajstić information content (AvgIpc) is 2.78. The van der Waals surface area contributed by atoms with E-state index in [2.05, 4.69) is 4.98 Å². The van der Waals surface area contributed by atoms with Gasteiger partial charge in [0.25, 0.3) is 5.56 Å². The molecule has 0 aliphatic carbocycles. The summed E-state index contributed by atoms with van der Waals surface area (Å²) in [4.78, 5) is 15.7. The van der Waals surface area contributed by atoms with E-state index in [1.807, 2.05) is 92.7 Å². The minimum atomic E-state index is -0.329. The third-order valence-electron chi connectivity index (χ3n) is 4.72. The van der Waals surface area contributed by atoms with E-state index in [-0.39, 0.29) is 17.4 Å². The van der Waals surface area contributed by atoms with E-state index in [1.165, 1.54) is 0 Å². The Morgan fingerprint density at radius 2 is 1.39 bits per heavy atom. The van der Waals surface area contributed by atoms with Crippen LogP contribution in [0.15, 0.2) is 83.7 Å². The number of fused-ring (bicyclic) bond motifs is 1. The molecule has 0 saturated heterocycles. The highest BCUT2D eigenvalue weighted by atomic mass is 16.5. The van der Waals surface area contributed by atoms with Crippen LogP contribution in [0.2, 0.25) is 0 Å². The molecule has 0 aliphatic heterocycles. The molecule has 0 atom stereocenters. The lowest BCUT2D eigenvalue weighted by molar-refractivity contribution is 0.216. The van der Waals surface area contributed by atoms with Gasteiger partial charge in [-0.15, -0.1) is 0 Å². The Morgan fingerprint density at radius 3 is 2.00 bits per heavy atom. The van der Waals surface area contributed by atoms with E-state index in [9.17, 15) is 4.79 Å². The second-order valence-corrected chi connectivity index (χ2v) is 7.53. The number of benzene rings is 3. The normalized spacial score (nSPS) is 10.9. The third-order valence-corrected chi connectivity index (χ3v) is 4.72. The van der Waals surface area contributed by atoms with Gasteiger partial charge in [-0.1, -0.05) is 60.7 Å². The monoisotopic (exact) mass is 415 g/mol. The fourth-order valence-electron chi connectivity index (χ4n) is 3.28. The average molecular weight is 415 g/mol. The summed E-state index contributed by atoms with van der Waals surface area (Å²) in [5, 5.41) is 0.762. The van der Waals surface area contributed by atoms with Crippen LogP contribution in [-0.4, -0.2) is 11.1 Å². The fraction of sp³-hybridized carbons (Fsp3) is 0.192. The van der Waals surface area contributed by atoms with Crippen LogP contribution in [0.4, 0.5) is 0 Å². The zero-order valence-electron chi connectivity index (χ0n) is 17.6. The first-order valence-corrected chi connectivity index (χ1v) is 10.3. The molecule has 5 nitrogen and oxygen atoms in total. The van der Waals surface area contributed by atoms with Crippen molar-refractivity contribution >= 4 is 10.9 Å². The van der Waals surface area contributed by atoms with Gasteiger partial charge in [0.1, 0.15) is 19.0 Å². The van der Waals surface area contributed by atoms with E-state index >= 15 is 0 Å². The minimum Gasteiger partial charge on any atom is -0.489 e. The van der Waals surface area contributed by atoms with Crippen molar-refractivity contribution in [1.29, 1.82) is 0 Å². The molecule has 1 aromatic heterocycles. The van der Waals surface area contributed by atoms with Crippen LogP contribution in [0.25, 0.3) is 10.9 Å². The molecule has 31 heavy (non-hydrogen) atoms. The lowest BCUT2D eigenvalue weighted by Crippen LogP contribution is -2.17. The number of ether oxygens (including phenoxy) is 3. The standard InChI is InChI=1S/C26H25NO4/c1-18(2)31-25-24(30-17-20-11-7-4-8-12-20)22-14-13-21(15-23(22)27-26(25)28)29-16-19-9-5-3-6-10-19/h3-15,18H,16-17H2,1-2H3,(H,27,28). The Kier molecular flexibility index (Phi) is 6.22. The van der Waals surface area contributed by atoms with Crippen molar-refractivity contribution in [3.05, 3.63) is 100 Å². The molecule has 0 aliphatic rings. The molecule has 4 aromatic rings. The van der Waals surface area contributed by atoms with Gasteiger partial charge < -0.3 is 19.2 Å². The van der Waals surface area contributed by atoms with Gasteiger partial charge in [0.2, 0.25) is 5.75 Å². The van der Waals surface area contributed by atoms with E-state index in [0.717, 1.165) is 16.5 Å². The number of hydrogen-bond acceptors (Lipinski definition) is 4. The molecule has 1 heterocycles. The zero-order valence-corrected chi connectivity index (χ0v) is 17.6. The summed E-state index contributed by atoms with van der Waals surface area (Å²) >= 11 is 0. The van der Waals surface area contributed by atoms with Crippen molar-refractivity contribution in [2.45, 2.75) is 33.2 Å². The fourth-order valence-corrected chi connectivity index (χ4v) is 3.28. The van der Waals surface area contributed by atoms with Crippen LogP contribution in [-0.2, 0) is 13.2 Å². The number of rotatable bonds is 8. The van der Waals surface area contributed by atoms with Crippen molar-refractivity contribution in [3.8, 4) is 17.2 Å². The molecule has 0 unspecified atom stereocenters. The summed E-state index contributed by atoms with van der Waals surface area (Å²) in [5.74, 6) is 1.29. The van der Waals surface area contributed by atoms with E-state index < -0.39 is 0 Å². The maximum atomic E-state index is 12.8. The smallest absolute Gasteiger partial charge is 0.294 e. The maximum absolute atomic E-state index is 12.8. The molecule has 0 fully saturated rings. The summed E-state index contributed by atoms with van der Waals surface area (Å²) in [5.41, 5.74) is 2.39. The van der Waals surface area contributed by atoms with Crippen LogP contribution in [0, 0.1) is 0 Å². The Bertz CT molecular complexity index is 1200. The molecular weight excluding hydrogens is 390 g/mol. The Balaban J connectivity index is 1.66. The number of hydrogen-bond donors (Lipinski definition) is 1. The van der Waals surface area contributed by atoms with Crippen molar-refractivity contribution in [2.24, 2.45) is 0 Å². The molecule has 0 spiro atoms. The largest absolute Gasteiger partial charge is 0.489 e. The first-order valence-electron chi connectivity index (χ1n) is 10.3. The van der Waals surface area contributed by atoms with Gasteiger partial charge in [-0.05, 0) is 37.1 Å². The number of aromatic nitrogens is 1. The van der Waals surface area contributed by atoms with Gasteiger partial charge in [-0.3, -0.25) is 4.79 Å². The van der Waals surface area contributed by atoms with Gasteiger partial charge in [-0.2, -0.15) is 0 Å². The predicted molar refractivity (Wildman–Crippen MR) is 122 cm³/mol. The van der Waals surface area contributed by atoms with Crippen molar-refractivity contribution < 1.29 is 14.2 Å². The first-order chi connectivity index (χ1) is 15.1. The Morgan fingerprint density at radius 1 is 0.774 bits per heavy atom. The van der Waals surface area contributed by atoms with Gasteiger partial charge >= 0.3 is 0 Å². The highest BCUT2D eigenvalue weighted by Crippen LogP contribution is 2.34. The lowest BCUT2D eigenvalue weighted by atomic mass is 10.1. The van der Waals surface area contributed by atoms with Crippen LogP contribution in [0.3, 0.4) is 0 Å². The van der Waals surface area contributed by atoms with Crippen molar-refractivity contribution in [1.82, 2.24) is 4.98 Å². The Labute approximate surface area is 181 Å². The number of aromatic amines is 1. The molecule has 0 amide bonds. The second kappa shape index (κ2) is 9.39. The van der Waals surface area contributed by atoms with Crippen LogP contribution < -0.4 is 19.8 Å². The quantitative estimate of drug-likeness (QED) is 0.414. The number of pyridine rings is 1. The molecule has 4 rings (SSSR count). The highest BCUT2D eigenvalue weighted by Gasteiger charge is 2.18.